The molecule has 0 amide bonds. The van der Waals surface area contributed by atoms with Crippen molar-refractivity contribution in [2.45, 2.75) is 13.8 Å². The van der Waals surface area contributed by atoms with Crippen molar-refractivity contribution in [1.82, 2.24) is 4.98 Å². The maximum atomic E-state index is 5.18. The molecule has 1 aliphatic heterocycles. The number of rotatable bonds is 3. The molecule has 0 bridgehead atoms. The Balaban J connectivity index is 1.68. The summed E-state index contributed by atoms with van der Waals surface area (Å²) in [7, 11) is 1.67. The van der Waals surface area contributed by atoms with Crippen molar-refractivity contribution in [3.63, 3.8) is 0 Å². The highest BCUT2D eigenvalue weighted by molar-refractivity contribution is 8.17. The van der Waals surface area contributed by atoms with E-state index in [2.05, 4.69) is 27.4 Å². The van der Waals surface area contributed by atoms with Crippen LogP contribution in [-0.2, 0) is 0 Å². The molecule has 3 rings (SSSR count). The number of thioether (sulfide) groups is 1. The first kappa shape index (κ1) is 16.8. The Morgan fingerprint density at radius 2 is 1.96 bits per heavy atom. The van der Waals surface area contributed by atoms with Crippen molar-refractivity contribution in [1.29, 1.82) is 0 Å². The first-order valence-electron chi connectivity index (χ1n) is 7.65. The monoisotopic (exact) mass is 357 g/mol. The summed E-state index contributed by atoms with van der Waals surface area (Å²) in [6.45, 7) is 4.73. The van der Waals surface area contributed by atoms with E-state index in [0.29, 0.717) is 6.54 Å². The minimum absolute atomic E-state index is 0.698. The number of aromatic nitrogens is 1. The van der Waals surface area contributed by atoms with Crippen LogP contribution in [0.1, 0.15) is 19.4 Å². The van der Waals surface area contributed by atoms with Gasteiger partial charge in [0, 0.05) is 4.91 Å². The minimum Gasteiger partial charge on any atom is -0.497 e. The Labute approximate surface area is 149 Å². The highest BCUT2D eigenvalue weighted by atomic mass is 32.2. The molecule has 0 atom stereocenters. The molecule has 0 radical (unpaired) electrons. The molecule has 1 aromatic heterocycles. The first-order valence-corrected chi connectivity index (χ1v) is 9.28. The number of aliphatic imine (C=N–C) groups is 1. The number of amidine groups is 1. The zero-order valence-electron chi connectivity index (χ0n) is 13.9. The second-order valence-corrected chi connectivity index (χ2v) is 7.22. The molecule has 124 valence electrons. The summed E-state index contributed by atoms with van der Waals surface area (Å²) in [6, 6.07) is 8.02. The topological polar surface area (TPSA) is 46.5 Å². The molecule has 0 unspecified atom stereocenters. The fourth-order valence-electron chi connectivity index (χ4n) is 2.27. The lowest BCUT2D eigenvalue weighted by Gasteiger charge is -2.01. The fourth-order valence-corrected chi connectivity index (χ4v) is 4.07. The van der Waals surface area contributed by atoms with E-state index in [1.54, 1.807) is 30.2 Å². The highest BCUT2D eigenvalue weighted by Crippen LogP contribution is 2.28. The van der Waals surface area contributed by atoms with Crippen molar-refractivity contribution in [2.24, 2.45) is 4.99 Å². The summed E-state index contributed by atoms with van der Waals surface area (Å²) in [6.07, 6.45) is 6.26. The van der Waals surface area contributed by atoms with Gasteiger partial charge in [0.25, 0.3) is 0 Å². The Morgan fingerprint density at radius 1 is 1.17 bits per heavy atom. The number of nitrogens with one attached hydrogen (secondary N) is 1. The van der Waals surface area contributed by atoms with Crippen molar-refractivity contribution in [3.8, 4) is 5.75 Å². The zero-order valence-corrected chi connectivity index (χ0v) is 15.5. The molecule has 0 saturated heterocycles. The average Bonchev–Trinajstić information content (AvgIpc) is 3.22. The Hall–Kier alpha value is -2.05. The van der Waals surface area contributed by atoms with Crippen LogP contribution in [0.15, 0.2) is 34.2 Å². The molecule has 0 aliphatic carbocycles. The number of benzene rings is 1. The normalized spacial score (nSPS) is 17.5. The molecular weight excluding hydrogens is 338 g/mol. The smallest absolute Gasteiger partial charge is 0.189 e. The molecule has 1 N–H and O–H groups in total. The van der Waals surface area contributed by atoms with Crippen LogP contribution in [0, 0.1) is 0 Å². The molecule has 0 fully saturated rings. The summed E-state index contributed by atoms with van der Waals surface area (Å²) < 4.78 is 6.36. The lowest BCUT2D eigenvalue weighted by molar-refractivity contribution is 0.415. The maximum Gasteiger partial charge on any atom is 0.189 e. The number of ether oxygens (including phenoxy) is 1. The summed E-state index contributed by atoms with van der Waals surface area (Å²) in [5, 5.41) is 6.12. The third-order valence-corrected chi connectivity index (χ3v) is 5.47. The molecule has 24 heavy (non-hydrogen) atoms. The predicted molar refractivity (Wildman–Crippen MR) is 106 cm³/mol. The molecule has 6 heteroatoms. The second kappa shape index (κ2) is 7.68. The number of thiazole rings is 1. The van der Waals surface area contributed by atoms with Gasteiger partial charge in [0.1, 0.15) is 5.75 Å². The van der Waals surface area contributed by atoms with Crippen LogP contribution < -0.4 is 19.9 Å². The standard InChI is InChI=1S/C18H19N3OS2/c1-4-15-16(5-2)24-18(20-15)21-17-19-11-14(23-17)10-12-6-8-13(22-3)9-7-12/h4-10H,11H2,1-3H3,(H,19,20,21)/b14-10+,15-4+,16-5+. The number of hydrogen-bond acceptors (Lipinski definition) is 6. The SMILES string of the molecule is C/C=c1/nc(NC2=NC/C(=C\c3ccc(OC)cc3)S2)s/c1=C/C. The van der Waals surface area contributed by atoms with Crippen molar-refractivity contribution < 1.29 is 4.74 Å². The molecule has 0 saturated carbocycles. The van der Waals surface area contributed by atoms with E-state index >= 15 is 0 Å². The lowest BCUT2D eigenvalue weighted by atomic mass is 10.2. The van der Waals surface area contributed by atoms with E-state index < -0.39 is 0 Å². The second-order valence-electron chi connectivity index (χ2n) is 5.08. The van der Waals surface area contributed by atoms with Gasteiger partial charge in [-0.25, -0.2) is 4.98 Å². The van der Waals surface area contributed by atoms with E-state index in [4.69, 9.17) is 4.74 Å². The average molecular weight is 358 g/mol. The van der Waals surface area contributed by atoms with Crippen LogP contribution in [0.4, 0.5) is 5.13 Å². The lowest BCUT2D eigenvalue weighted by Crippen LogP contribution is -2.19. The summed E-state index contributed by atoms with van der Waals surface area (Å²) in [5.41, 5.74) is 1.15. The van der Waals surface area contributed by atoms with E-state index in [9.17, 15) is 0 Å². The number of anilines is 1. The largest absolute Gasteiger partial charge is 0.497 e. The Kier molecular flexibility index (Phi) is 5.37. The van der Waals surface area contributed by atoms with Gasteiger partial charge in [-0.05, 0) is 37.6 Å². The molecule has 4 nitrogen and oxygen atoms in total. The summed E-state index contributed by atoms with van der Waals surface area (Å²) >= 11 is 3.30. The van der Waals surface area contributed by atoms with Crippen LogP contribution in [0.2, 0.25) is 0 Å². The fraction of sp³-hybridized carbons (Fsp3) is 0.222. The van der Waals surface area contributed by atoms with E-state index in [1.165, 1.54) is 9.44 Å². The van der Waals surface area contributed by atoms with Gasteiger partial charge in [0.15, 0.2) is 10.3 Å². The first-order chi connectivity index (χ1) is 11.7. The van der Waals surface area contributed by atoms with Gasteiger partial charge < -0.3 is 10.1 Å². The number of methoxy groups -OCH3 is 1. The molecule has 1 aromatic carbocycles. The van der Waals surface area contributed by atoms with Gasteiger partial charge in [-0.3, -0.25) is 4.99 Å². The van der Waals surface area contributed by atoms with Gasteiger partial charge in [0.2, 0.25) is 0 Å². The summed E-state index contributed by atoms with van der Waals surface area (Å²) in [5.74, 6) is 0.866. The predicted octanol–water partition coefficient (Wildman–Crippen LogP) is 3.31. The quantitative estimate of drug-likeness (QED) is 0.915. The van der Waals surface area contributed by atoms with Crippen LogP contribution >= 0.6 is 23.1 Å². The molecule has 2 aromatic rings. The van der Waals surface area contributed by atoms with Crippen molar-refractivity contribution >= 4 is 51.6 Å². The van der Waals surface area contributed by atoms with E-state index in [0.717, 1.165) is 27.0 Å². The molecule has 2 heterocycles. The van der Waals surface area contributed by atoms with Crippen LogP contribution in [0.3, 0.4) is 0 Å². The zero-order chi connectivity index (χ0) is 16.9. The van der Waals surface area contributed by atoms with Crippen molar-refractivity contribution in [3.05, 3.63) is 44.6 Å². The van der Waals surface area contributed by atoms with Gasteiger partial charge in [-0.2, -0.15) is 0 Å². The Bertz CT molecular complexity index is 864. The molecule has 0 spiro atoms. The number of hydrogen-bond donors (Lipinski definition) is 1. The van der Waals surface area contributed by atoms with E-state index in [-0.39, 0.29) is 0 Å². The van der Waals surface area contributed by atoms with Crippen LogP contribution in [0.25, 0.3) is 18.2 Å². The van der Waals surface area contributed by atoms with Gasteiger partial charge >= 0.3 is 0 Å². The molecule has 1 aliphatic rings. The van der Waals surface area contributed by atoms with Crippen LogP contribution in [-0.4, -0.2) is 23.8 Å². The minimum atomic E-state index is 0.698. The highest BCUT2D eigenvalue weighted by Gasteiger charge is 2.14. The van der Waals surface area contributed by atoms with Crippen LogP contribution in [0.5, 0.6) is 5.75 Å². The van der Waals surface area contributed by atoms with E-state index in [1.807, 2.05) is 44.2 Å². The number of nitrogens with zero attached hydrogens (tertiary/aromatic N) is 2. The van der Waals surface area contributed by atoms with Gasteiger partial charge in [-0.15, -0.1) is 0 Å². The molecular formula is C18H19N3OS2. The van der Waals surface area contributed by atoms with Crippen molar-refractivity contribution in [2.75, 3.05) is 19.0 Å². The maximum absolute atomic E-state index is 5.18. The van der Waals surface area contributed by atoms with Gasteiger partial charge in [-0.1, -0.05) is 47.4 Å². The third kappa shape index (κ3) is 3.88. The Morgan fingerprint density at radius 3 is 2.58 bits per heavy atom. The summed E-state index contributed by atoms with van der Waals surface area (Å²) in [4.78, 5) is 10.4. The van der Waals surface area contributed by atoms with Gasteiger partial charge in [0.05, 0.1) is 23.5 Å². The third-order valence-electron chi connectivity index (χ3n) is 3.48.